The Kier molecular flexibility index (Phi) is 4.70. The van der Waals surface area contributed by atoms with Gasteiger partial charge in [-0.3, -0.25) is 4.57 Å². The first-order valence-corrected chi connectivity index (χ1v) is 8.55. The third-order valence-corrected chi connectivity index (χ3v) is 4.70. The first-order valence-electron chi connectivity index (χ1n) is 7.29. The minimum Gasteiger partial charge on any atom is -0.387 e. The van der Waals surface area contributed by atoms with E-state index in [4.69, 9.17) is 15.4 Å². The molecule has 140 valence electrons. The van der Waals surface area contributed by atoms with E-state index in [-0.39, 0.29) is 11.5 Å². The SMILES string of the molecule is N#C[C@@]1(c2ccc3c(N)ncnn23)O[C@](CF)(CO[PH](=O)O)[C@@H](O)[C@H]1O. The molecule has 0 aliphatic carbocycles. The fourth-order valence-electron chi connectivity index (χ4n) is 2.98. The van der Waals surface area contributed by atoms with Gasteiger partial charge in [0.05, 0.1) is 12.3 Å². The molecule has 5 atom stereocenters. The minimum absolute atomic E-state index is 0.0253. The zero-order valence-corrected chi connectivity index (χ0v) is 14.1. The van der Waals surface area contributed by atoms with Crippen LogP contribution in [0.15, 0.2) is 18.5 Å². The highest BCUT2D eigenvalue weighted by Crippen LogP contribution is 2.46. The lowest BCUT2D eigenvalue weighted by Crippen LogP contribution is -2.48. The van der Waals surface area contributed by atoms with Gasteiger partial charge in [-0.1, -0.05) is 0 Å². The molecule has 2 aromatic rings. The van der Waals surface area contributed by atoms with Crippen LogP contribution in [0.25, 0.3) is 5.52 Å². The van der Waals surface area contributed by atoms with Gasteiger partial charge >= 0.3 is 8.25 Å². The van der Waals surface area contributed by atoms with Crippen LogP contribution in [0, 0.1) is 11.3 Å². The van der Waals surface area contributed by atoms with E-state index in [2.05, 4.69) is 14.6 Å². The number of nitriles is 1. The van der Waals surface area contributed by atoms with Crippen LogP contribution in [0.5, 0.6) is 0 Å². The molecule has 1 aliphatic heterocycles. The molecule has 0 saturated carbocycles. The maximum atomic E-state index is 13.7. The first-order chi connectivity index (χ1) is 12.3. The number of halogens is 1. The predicted octanol–water partition coefficient (Wildman–Crippen LogP) is -1.11. The molecule has 1 fully saturated rings. The van der Waals surface area contributed by atoms with Crippen molar-refractivity contribution in [2.45, 2.75) is 23.4 Å². The number of alkyl halides is 1. The molecule has 0 bridgehead atoms. The van der Waals surface area contributed by atoms with Crippen molar-refractivity contribution in [3.8, 4) is 6.07 Å². The molecule has 5 N–H and O–H groups in total. The van der Waals surface area contributed by atoms with Crippen molar-refractivity contribution in [2.75, 3.05) is 19.0 Å². The Labute approximate surface area is 146 Å². The molecule has 2 aromatic heterocycles. The summed E-state index contributed by atoms with van der Waals surface area (Å²) in [6.07, 6.45) is -2.71. The molecular formula is C13H15FN5O6P. The second-order valence-electron chi connectivity index (χ2n) is 5.75. The van der Waals surface area contributed by atoms with Crippen molar-refractivity contribution >= 4 is 19.6 Å². The molecule has 26 heavy (non-hydrogen) atoms. The summed E-state index contributed by atoms with van der Waals surface area (Å²) in [7, 11) is -3.46. The number of aliphatic hydroxyl groups is 2. The minimum atomic E-state index is -3.46. The lowest BCUT2D eigenvalue weighted by molar-refractivity contribution is -0.140. The van der Waals surface area contributed by atoms with E-state index < -0.39 is 44.9 Å². The Hall–Kier alpha value is -2.13. The predicted molar refractivity (Wildman–Crippen MR) is 83.7 cm³/mol. The number of rotatable bonds is 5. The summed E-state index contributed by atoms with van der Waals surface area (Å²) in [4.78, 5) is 12.6. The average molecular weight is 387 g/mol. The number of hydrogen-bond acceptors (Lipinski definition) is 9. The molecule has 0 amide bonds. The fourth-order valence-corrected chi connectivity index (χ4v) is 3.35. The third-order valence-electron chi connectivity index (χ3n) is 4.31. The Bertz CT molecular complexity index is 905. The number of hydrogen-bond donors (Lipinski definition) is 4. The van der Waals surface area contributed by atoms with Gasteiger partial charge in [0.1, 0.15) is 36.8 Å². The zero-order valence-electron chi connectivity index (χ0n) is 13.1. The van der Waals surface area contributed by atoms with Crippen LogP contribution in [0.1, 0.15) is 5.69 Å². The third kappa shape index (κ3) is 2.57. The Morgan fingerprint density at radius 1 is 1.50 bits per heavy atom. The number of aromatic nitrogens is 3. The van der Waals surface area contributed by atoms with E-state index in [1.165, 1.54) is 16.6 Å². The van der Waals surface area contributed by atoms with E-state index in [1.54, 1.807) is 6.07 Å². The van der Waals surface area contributed by atoms with Gasteiger partial charge in [-0.2, -0.15) is 10.4 Å². The van der Waals surface area contributed by atoms with Gasteiger partial charge in [0.2, 0.25) is 5.60 Å². The molecule has 3 heterocycles. The number of nitrogen functional groups attached to an aromatic ring is 1. The molecule has 0 spiro atoms. The number of nitrogens with zero attached hydrogens (tertiary/aromatic N) is 4. The highest BCUT2D eigenvalue weighted by molar-refractivity contribution is 7.32. The second kappa shape index (κ2) is 6.55. The van der Waals surface area contributed by atoms with Crippen molar-refractivity contribution in [3.63, 3.8) is 0 Å². The van der Waals surface area contributed by atoms with Gasteiger partial charge in [0.15, 0.2) is 11.4 Å². The lowest BCUT2D eigenvalue weighted by atomic mass is 9.89. The molecule has 0 radical (unpaired) electrons. The Balaban J connectivity index is 2.13. The van der Waals surface area contributed by atoms with Crippen LogP contribution in [0.4, 0.5) is 10.2 Å². The molecular weight excluding hydrogens is 372 g/mol. The second-order valence-corrected chi connectivity index (χ2v) is 6.57. The van der Waals surface area contributed by atoms with E-state index in [9.17, 15) is 24.4 Å². The van der Waals surface area contributed by atoms with E-state index in [0.29, 0.717) is 5.52 Å². The number of fused-ring (bicyclic) bond motifs is 1. The average Bonchev–Trinajstić information content (AvgIpc) is 3.15. The standard InChI is InChI=1S/C13H15FN5O6P/c14-3-12(5-24-26(22)23)9(20)10(21)13(4-15,25-12)8-2-1-7-11(16)17-6-18-19(7)8/h1-2,6,9-10,20-21,26H,3,5H2,(H,22,23)(H2,16,17,18)/t9-,10+,12+,13-/m0/s1. The van der Waals surface area contributed by atoms with Crippen LogP contribution in [0.3, 0.4) is 0 Å². The van der Waals surface area contributed by atoms with Crippen LogP contribution < -0.4 is 5.73 Å². The number of aliphatic hydroxyl groups excluding tert-OH is 2. The summed E-state index contributed by atoms with van der Waals surface area (Å²) in [6.45, 7) is -2.23. The van der Waals surface area contributed by atoms with Crippen LogP contribution in [-0.4, -0.2) is 60.8 Å². The summed E-state index contributed by atoms with van der Waals surface area (Å²) in [5.74, 6) is 0.0892. The number of nitrogens with two attached hydrogens (primary N) is 1. The monoisotopic (exact) mass is 387 g/mol. The fraction of sp³-hybridized carbons (Fsp3) is 0.462. The Morgan fingerprint density at radius 3 is 2.85 bits per heavy atom. The van der Waals surface area contributed by atoms with Gasteiger partial charge in [0, 0.05) is 0 Å². The largest absolute Gasteiger partial charge is 0.387 e. The zero-order chi connectivity index (χ0) is 19.1. The van der Waals surface area contributed by atoms with Crippen molar-refractivity contribution in [2.24, 2.45) is 0 Å². The molecule has 0 aromatic carbocycles. The smallest absolute Gasteiger partial charge is 0.316 e. The number of ether oxygens (including phenoxy) is 1. The van der Waals surface area contributed by atoms with Gasteiger partial charge in [-0.05, 0) is 12.1 Å². The van der Waals surface area contributed by atoms with Gasteiger partial charge in [0.25, 0.3) is 0 Å². The summed E-state index contributed by atoms with van der Waals surface area (Å²) in [5, 5.41) is 34.5. The topological polar surface area (TPSA) is 176 Å². The van der Waals surface area contributed by atoms with Crippen molar-refractivity contribution in [1.82, 2.24) is 14.6 Å². The molecule has 3 rings (SSSR count). The molecule has 1 saturated heterocycles. The summed E-state index contributed by atoms with van der Waals surface area (Å²) >= 11 is 0. The van der Waals surface area contributed by atoms with E-state index in [0.717, 1.165) is 6.33 Å². The molecule has 1 unspecified atom stereocenters. The molecule has 13 heteroatoms. The lowest BCUT2D eigenvalue weighted by Gasteiger charge is -2.29. The van der Waals surface area contributed by atoms with E-state index in [1.807, 2.05) is 0 Å². The molecule has 1 aliphatic rings. The first kappa shape index (κ1) is 18.7. The molecule has 11 nitrogen and oxygen atoms in total. The van der Waals surface area contributed by atoms with Crippen LogP contribution >= 0.6 is 8.25 Å². The quantitative estimate of drug-likeness (QED) is 0.460. The highest BCUT2D eigenvalue weighted by Gasteiger charge is 2.65. The highest BCUT2D eigenvalue weighted by atomic mass is 31.1. The van der Waals surface area contributed by atoms with Crippen LogP contribution in [0.2, 0.25) is 0 Å². The van der Waals surface area contributed by atoms with Gasteiger partial charge < -0.3 is 30.1 Å². The maximum absolute atomic E-state index is 13.7. The van der Waals surface area contributed by atoms with Crippen molar-refractivity contribution in [1.29, 1.82) is 5.26 Å². The maximum Gasteiger partial charge on any atom is 0.316 e. The normalized spacial score (nSPS) is 32.6. The van der Waals surface area contributed by atoms with E-state index >= 15 is 0 Å². The van der Waals surface area contributed by atoms with Gasteiger partial charge in [-0.25, -0.2) is 13.9 Å². The number of anilines is 1. The summed E-state index contributed by atoms with van der Waals surface area (Å²) in [6, 6.07) is 4.57. The summed E-state index contributed by atoms with van der Waals surface area (Å²) in [5.41, 5.74) is 1.56. The van der Waals surface area contributed by atoms with Crippen molar-refractivity contribution in [3.05, 3.63) is 24.2 Å². The Morgan fingerprint density at radius 2 is 2.23 bits per heavy atom. The summed E-state index contributed by atoms with van der Waals surface area (Å²) < 4.78 is 35.7. The van der Waals surface area contributed by atoms with Gasteiger partial charge in [-0.15, -0.1) is 0 Å². The van der Waals surface area contributed by atoms with Crippen molar-refractivity contribution < 1.29 is 33.3 Å². The van der Waals surface area contributed by atoms with Crippen LogP contribution in [-0.2, 0) is 19.4 Å².